The van der Waals surface area contributed by atoms with Crippen molar-refractivity contribution in [1.82, 2.24) is 0 Å². The molecule has 0 amide bonds. The Balaban J connectivity index is 1.65. The Labute approximate surface area is 140 Å². The molecule has 2 aromatic rings. The number of phenolic OH excluding ortho intramolecular Hbond substituents is 1. The minimum absolute atomic E-state index is 0.301. The van der Waals surface area contributed by atoms with E-state index in [1.165, 1.54) is 0 Å². The number of allylic oxidation sites excluding steroid dienone is 4. The highest BCUT2D eigenvalue weighted by Crippen LogP contribution is 2.38. The Morgan fingerprint density at radius 1 is 1.04 bits per heavy atom. The molecule has 0 bridgehead atoms. The van der Waals surface area contributed by atoms with Crippen LogP contribution in [0.1, 0.15) is 34.6 Å². The van der Waals surface area contributed by atoms with Gasteiger partial charge in [0.1, 0.15) is 5.75 Å². The molecule has 2 aliphatic carbocycles. The number of para-hydroxylation sites is 1. The number of aliphatic hydroxyl groups is 2. The summed E-state index contributed by atoms with van der Waals surface area (Å²) in [5.41, 5.74) is 6.15. The van der Waals surface area contributed by atoms with Crippen molar-refractivity contribution < 1.29 is 15.3 Å². The molecule has 0 fully saturated rings. The molecule has 0 radical (unpaired) electrons. The van der Waals surface area contributed by atoms with Gasteiger partial charge in [0.05, 0.1) is 5.92 Å². The van der Waals surface area contributed by atoms with Gasteiger partial charge in [0, 0.05) is 5.56 Å². The quantitative estimate of drug-likeness (QED) is 0.757. The van der Waals surface area contributed by atoms with E-state index < -0.39 is 6.29 Å². The number of benzene rings is 2. The Morgan fingerprint density at radius 3 is 2.67 bits per heavy atom. The molecular weight excluding hydrogens is 300 g/mol. The van der Waals surface area contributed by atoms with Crippen LogP contribution in [0.15, 0.2) is 60.7 Å². The molecule has 1 atom stereocenters. The van der Waals surface area contributed by atoms with E-state index in [0.717, 1.165) is 39.8 Å². The summed E-state index contributed by atoms with van der Waals surface area (Å²) in [5.74, 6) is -0.0472. The number of rotatable bonds is 3. The van der Waals surface area contributed by atoms with E-state index in [-0.39, 0.29) is 5.92 Å². The number of hydrogen-bond donors (Lipinski definition) is 3. The van der Waals surface area contributed by atoms with Crippen molar-refractivity contribution in [2.24, 2.45) is 0 Å². The standard InChI is InChI=1S/C21H18O3/c22-20-4-2-1-3-18(20)16-6-5-13(12-16)14-7-9-17-15(11-14)8-10-19(17)21(23)24/h1-5,7-12,19,21-24H,6H2. The van der Waals surface area contributed by atoms with Gasteiger partial charge in [0.25, 0.3) is 0 Å². The number of hydrogen-bond acceptors (Lipinski definition) is 3. The number of aliphatic hydroxyl groups excluding tert-OH is 1. The van der Waals surface area contributed by atoms with Crippen LogP contribution in [-0.2, 0) is 0 Å². The summed E-state index contributed by atoms with van der Waals surface area (Å²) in [4.78, 5) is 0. The average Bonchev–Trinajstić information content (AvgIpc) is 3.21. The Kier molecular flexibility index (Phi) is 3.60. The Morgan fingerprint density at radius 2 is 1.88 bits per heavy atom. The van der Waals surface area contributed by atoms with Gasteiger partial charge in [0.2, 0.25) is 0 Å². The van der Waals surface area contributed by atoms with Gasteiger partial charge < -0.3 is 15.3 Å². The van der Waals surface area contributed by atoms with Crippen molar-refractivity contribution in [3.63, 3.8) is 0 Å². The van der Waals surface area contributed by atoms with E-state index >= 15 is 0 Å². The van der Waals surface area contributed by atoms with Crippen LogP contribution in [0.2, 0.25) is 0 Å². The monoisotopic (exact) mass is 318 g/mol. The van der Waals surface area contributed by atoms with Gasteiger partial charge in [0.15, 0.2) is 6.29 Å². The number of phenols is 1. The first kappa shape index (κ1) is 14.9. The Hall–Kier alpha value is -2.62. The molecule has 3 N–H and O–H groups in total. The molecule has 24 heavy (non-hydrogen) atoms. The van der Waals surface area contributed by atoms with Crippen LogP contribution in [0.25, 0.3) is 17.2 Å². The fourth-order valence-electron chi connectivity index (χ4n) is 3.43. The van der Waals surface area contributed by atoms with Crippen LogP contribution in [0.3, 0.4) is 0 Å². The molecule has 0 saturated heterocycles. The second-order valence-electron chi connectivity index (χ2n) is 6.19. The van der Waals surface area contributed by atoms with Gasteiger partial charge in [-0.25, -0.2) is 0 Å². The molecule has 0 saturated carbocycles. The predicted octanol–water partition coefficient (Wildman–Crippen LogP) is 3.68. The maximum Gasteiger partial charge on any atom is 0.161 e. The SMILES string of the molecule is Oc1ccccc1C1=CC(c2ccc3c(c2)C=CC3C(O)O)=CC1. The highest BCUT2D eigenvalue weighted by atomic mass is 16.5. The summed E-state index contributed by atoms with van der Waals surface area (Å²) >= 11 is 0. The lowest BCUT2D eigenvalue weighted by molar-refractivity contribution is -0.0490. The third-order valence-electron chi connectivity index (χ3n) is 4.71. The van der Waals surface area contributed by atoms with Crippen molar-refractivity contribution >= 4 is 17.2 Å². The van der Waals surface area contributed by atoms with Gasteiger partial charge in [-0.05, 0) is 46.4 Å². The van der Waals surface area contributed by atoms with Crippen molar-refractivity contribution in [3.05, 3.63) is 82.9 Å². The summed E-state index contributed by atoms with van der Waals surface area (Å²) in [7, 11) is 0. The Bertz CT molecular complexity index is 888. The van der Waals surface area contributed by atoms with Gasteiger partial charge in [-0.15, -0.1) is 0 Å². The molecule has 2 aromatic carbocycles. The van der Waals surface area contributed by atoms with Crippen LogP contribution in [0, 0.1) is 0 Å². The van der Waals surface area contributed by atoms with Crippen LogP contribution >= 0.6 is 0 Å². The molecule has 0 heterocycles. The maximum absolute atomic E-state index is 10.0. The molecule has 120 valence electrons. The highest BCUT2D eigenvalue weighted by molar-refractivity contribution is 5.91. The van der Waals surface area contributed by atoms with Crippen molar-refractivity contribution in [2.75, 3.05) is 0 Å². The zero-order valence-electron chi connectivity index (χ0n) is 13.1. The average molecular weight is 318 g/mol. The largest absolute Gasteiger partial charge is 0.507 e. The van der Waals surface area contributed by atoms with Crippen molar-refractivity contribution in [2.45, 2.75) is 18.6 Å². The lowest BCUT2D eigenvalue weighted by Crippen LogP contribution is -2.14. The van der Waals surface area contributed by atoms with Gasteiger partial charge in [-0.1, -0.05) is 54.6 Å². The molecule has 4 rings (SSSR count). The lowest BCUT2D eigenvalue weighted by Gasteiger charge is -2.13. The molecule has 0 aliphatic heterocycles. The fraction of sp³-hybridized carbons (Fsp3) is 0.143. The maximum atomic E-state index is 10.0. The van der Waals surface area contributed by atoms with Gasteiger partial charge in [-0.3, -0.25) is 0 Å². The first-order valence-electron chi connectivity index (χ1n) is 8.01. The number of fused-ring (bicyclic) bond motifs is 1. The summed E-state index contributed by atoms with van der Waals surface area (Å²) < 4.78 is 0. The zero-order valence-corrected chi connectivity index (χ0v) is 13.1. The van der Waals surface area contributed by atoms with Crippen LogP contribution in [0.5, 0.6) is 5.75 Å². The third kappa shape index (κ3) is 2.48. The molecule has 3 heteroatoms. The van der Waals surface area contributed by atoms with Crippen molar-refractivity contribution in [3.8, 4) is 5.75 Å². The normalized spacial score (nSPS) is 18.7. The lowest BCUT2D eigenvalue weighted by atomic mass is 9.96. The van der Waals surface area contributed by atoms with Crippen LogP contribution in [-0.4, -0.2) is 21.6 Å². The van der Waals surface area contributed by atoms with Gasteiger partial charge in [-0.2, -0.15) is 0 Å². The first-order valence-corrected chi connectivity index (χ1v) is 8.01. The molecular formula is C21H18O3. The highest BCUT2D eigenvalue weighted by Gasteiger charge is 2.23. The van der Waals surface area contributed by atoms with E-state index in [0.29, 0.717) is 5.75 Å². The second-order valence-corrected chi connectivity index (χ2v) is 6.19. The van der Waals surface area contributed by atoms with E-state index in [2.05, 4.69) is 18.2 Å². The number of aromatic hydroxyl groups is 1. The molecule has 0 aromatic heterocycles. The molecule has 1 unspecified atom stereocenters. The summed E-state index contributed by atoms with van der Waals surface area (Å²) in [6, 6.07) is 13.4. The predicted molar refractivity (Wildman–Crippen MR) is 95.1 cm³/mol. The molecule has 3 nitrogen and oxygen atoms in total. The summed E-state index contributed by atoms with van der Waals surface area (Å²) in [5, 5.41) is 28.9. The van der Waals surface area contributed by atoms with Crippen LogP contribution < -0.4 is 0 Å². The van der Waals surface area contributed by atoms with E-state index in [9.17, 15) is 15.3 Å². The zero-order chi connectivity index (χ0) is 16.7. The third-order valence-corrected chi connectivity index (χ3v) is 4.71. The minimum atomic E-state index is -1.37. The van der Waals surface area contributed by atoms with Gasteiger partial charge >= 0.3 is 0 Å². The van der Waals surface area contributed by atoms with E-state index in [1.54, 1.807) is 6.07 Å². The fourth-order valence-corrected chi connectivity index (χ4v) is 3.43. The van der Waals surface area contributed by atoms with Crippen LogP contribution in [0.4, 0.5) is 0 Å². The van der Waals surface area contributed by atoms with Crippen molar-refractivity contribution in [1.29, 1.82) is 0 Å². The van der Waals surface area contributed by atoms with E-state index in [4.69, 9.17) is 0 Å². The summed E-state index contributed by atoms with van der Waals surface area (Å²) in [6.45, 7) is 0. The molecule has 2 aliphatic rings. The minimum Gasteiger partial charge on any atom is -0.507 e. The van der Waals surface area contributed by atoms with E-state index in [1.807, 2.05) is 42.5 Å². The second kappa shape index (κ2) is 5.78. The molecule has 0 spiro atoms. The smallest absolute Gasteiger partial charge is 0.161 e. The first-order chi connectivity index (χ1) is 11.6. The summed E-state index contributed by atoms with van der Waals surface area (Å²) in [6.07, 6.45) is 7.44. The topological polar surface area (TPSA) is 60.7 Å².